The van der Waals surface area contributed by atoms with Gasteiger partial charge < -0.3 is 14.6 Å². The zero-order chi connectivity index (χ0) is 19.8. The molecule has 1 aromatic carbocycles. The molecule has 0 saturated carbocycles. The number of halogens is 2. The summed E-state index contributed by atoms with van der Waals surface area (Å²) in [6, 6.07) is 1.75. The number of nitrogens with one attached hydrogen (secondary N) is 2. The number of imide groups is 1. The maximum Gasteiger partial charge on any atom is 0.322 e. The van der Waals surface area contributed by atoms with Gasteiger partial charge in [0.1, 0.15) is 29.1 Å². The average molecular weight is 390 g/mol. The molecule has 2 aromatic rings. The van der Waals surface area contributed by atoms with Gasteiger partial charge in [-0.15, -0.1) is 0 Å². The molecule has 0 spiro atoms. The van der Waals surface area contributed by atoms with E-state index in [-0.39, 0.29) is 36.7 Å². The zero-order valence-corrected chi connectivity index (χ0v) is 14.6. The molecular weight excluding hydrogens is 374 g/mol. The van der Waals surface area contributed by atoms with Crippen LogP contribution in [0.3, 0.4) is 0 Å². The first kappa shape index (κ1) is 18.1. The molecule has 2 aliphatic rings. The van der Waals surface area contributed by atoms with Crippen molar-refractivity contribution in [3.05, 3.63) is 41.3 Å². The number of carbonyl (C=O) groups is 3. The number of amides is 4. The number of carbonyl (C=O) groups excluding carboxylic acids is 3. The summed E-state index contributed by atoms with van der Waals surface area (Å²) in [5, 5.41) is 4.57. The van der Waals surface area contributed by atoms with E-state index < -0.39 is 29.6 Å². The lowest BCUT2D eigenvalue weighted by molar-refractivity contribution is -0.132. The fraction of sp³-hybridized carbons (Fsp3) is 0.333. The first-order valence-corrected chi connectivity index (χ1v) is 8.73. The average Bonchev–Trinajstić information content (AvgIpc) is 3.20. The third-order valence-corrected chi connectivity index (χ3v) is 4.70. The molecule has 8 nitrogen and oxygen atoms in total. The minimum Gasteiger partial charge on any atom is -0.441 e. The van der Waals surface area contributed by atoms with Crippen LogP contribution in [0.2, 0.25) is 0 Å². The molecule has 0 aliphatic carbocycles. The van der Waals surface area contributed by atoms with Gasteiger partial charge in [-0.1, -0.05) is 0 Å². The SMILES string of the molecule is O=C1NC(=O)[C@H](CCC(=O)N2CCc3oc(-c4cc(F)cc(F)c4)nc3C2)N1. The predicted octanol–water partition coefficient (Wildman–Crippen LogP) is 1.49. The van der Waals surface area contributed by atoms with E-state index in [0.29, 0.717) is 24.4 Å². The highest BCUT2D eigenvalue weighted by molar-refractivity contribution is 6.04. The molecule has 0 radical (unpaired) electrons. The Kier molecular flexibility index (Phi) is 4.54. The highest BCUT2D eigenvalue weighted by Gasteiger charge is 2.31. The molecule has 146 valence electrons. The van der Waals surface area contributed by atoms with Crippen molar-refractivity contribution in [3.63, 3.8) is 0 Å². The summed E-state index contributed by atoms with van der Waals surface area (Å²) in [7, 11) is 0. The van der Waals surface area contributed by atoms with Crippen LogP contribution in [0.5, 0.6) is 0 Å². The molecule has 2 aliphatic heterocycles. The Balaban J connectivity index is 1.42. The number of rotatable bonds is 4. The van der Waals surface area contributed by atoms with Crippen LogP contribution in [0.4, 0.5) is 13.6 Å². The fourth-order valence-electron chi connectivity index (χ4n) is 3.30. The molecule has 1 aromatic heterocycles. The van der Waals surface area contributed by atoms with Gasteiger partial charge in [0.05, 0.1) is 6.54 Å². The van der Waals surface area contributed by atoms with Gasteiger partial charge in [0.2, 0.25) is 11.8 Å². The first-order chi connectivity index (χ1) is 13.4. The Bertz CT molecular complexity index is 954. The van der Waals surface area contributed by atoms with Crippen LogP contribution in [-0.4, -0.2) is 40.3 Å². The standard InChI is InChI=1S/C18H16F2N4O4/c19-10-5-9(6-11(20)7-10)17-21-13-8-24(4-3-14(13)28-17)15(25)2-1-12-16(26)23-18(27)22-12/h5-7,12H,1-4,8H2,(H2,22,23,26,27)/t12-/m0/s1. The molecule has 1 fully saturated rings. The highest BCUT2D eigenvalue weighted by Crippen LogP contribution is 2.27. The van der Waals surface area contributed by atoms with E-state index >= 15 is 0 Å². The smallest absolute Gasteiger partial charge is 0.322 e. The summed E-state index contributed by atoms with van der Waals surface area (Å²) < 4.78 is 32.4. The van der Waals surface area contributed by atoms with Crippen LogP contribution < -0.4 is 10.6 Å². The van der Waals surface area contributed by atoms with Crippen molar-refractivity contribution in [2.24, 2.45) is 0 Å². The van der Waals surface area contributed by atoms with Crippen LogP contribution in [0.15, 0.2) is 22.6 Å². The van der Waals surface area contributed by atoms with Crippen molar-refractivity contribution in [3.8, 4) is 11.5 Å². The van der Waals surface area contributed by atoms with Gasteiger partial charge in [-0.25, -0.2) is 18.6 Å². The van der Waals surface area contributed by atoms with Gasteiger partial charge in [0.25, 0.3) is 5.91 Å². The Labute approximate surface area is 157 Å². The molecule has 2 N–H and O–H groups in total. The molecule has 28 heavy (non-hydrogen) atoms. The predicted molar refractivity (Wildman–Crippen MR) is 90.7 cm³/mol. The summed E-state index contributed by atoms with van der Waals surface area (Å²) in [6.07, 6.45) is 0.715. The minimum absolute atomic E-state index is 0.0908. The number of hydrogen-bond donors (Lipinski definition) is 2. The van der Waals surface area contributed by atoms with Gasteiger partial charge in [0, 0.05) is 31.0 Å². The van der Waals surface area contributed by atoms with E-state index in [4.69, 9.17) is 4.42 Å². The van der Waals surface area contributed by atoms with Crippen molar-refractivity contribution < 1.29 is 27.6 Å². The molecular formula is C18H16F2N4O4. The van der Waals surface area contributed by atoms with Gasteiger partial charge in [-0.3, -0.25) is 14.9 Å². The summed E-state index contributed by atoms with van der Waals surface area (Å²) in [5.74, 6) is -1.41. The third kappa shape index (κ3) is 3.57. The van der Waals surface area contributed by atoms with Gasteiger partial charge in [0.15, 0.2) is 0 Å². The third-order valence-electron chi connectivity index (χ3n) is 4.70. The van der Waals surface area contributed by atoms with Crippen molar-refractivity contribution in [1.29, 1.82) is 0 Å². The highest BCUT2D eigenvalue weighted by atomic mass is 19.1. The minimum atomic E-state index is -0.731. The number of oxazole rings is 1. The van der Waals surface area contributed by atoms with Gasteiger partial charge >= 0.3 is 6.03 Å². The molecule has 1 atom stereocenters. The Hall–Kier alpha value is -3.30. The molecule has 4 rings (SSSR count). The number of benzene rings is 1. The van der Waals surface area contributed by atoms with Crippen molar-refractivity contribution >= 4 is 17.8 Å². The second-order valence-electron chi connectivity index (χ2n) is 6.67. The monoisotopic (exact) mass is 390 g/mol. The quantitative estimate of drug-likeness (QED) is 0.770. The van der Waals surface area contributed by atoms with Gasteiger partial charge in [-0.05, 0) is 18.6 Å². The van der Waals surface area contributed by atoms with Crippen molar-refractivity contribution in [2.75, 3.05) is 6.54 Å². The molecule has 4 amide bonds. The van der Waals surface area contributed by atoms with E-state index in [1.54, 1.807) is 4.90 Å². The van der Waals surface area contributed by atoms with Crippen LogP contribution in [0, 0.1) is 11.6 Å². The van der Waals surface area contributed by atoms with Gasteiger partial charge in [-0.2, -0.15) is 0 Å². The van der Waals surface area contributed by atoms with Crippen molar-refractivity contribution in [2.45, 2.75) is 31.8 Å². The zero-order valence-electron chi connectivity index (χ0n) is 14.6. The Morgan fingerprint density at radius 1 is 1.25 bits per heavy atom. The number of aromatic nitrogens is 1. The largest absolute Gasteiger partial charge is 0.441 e. The maximum atomic E-state index is 13.4. The molecule has 3 heterocycles. The number of nitrogens with zero attached hydrogens (tertiary/aromatic N) is 2. The second kappa shape index (κ2) is 7.02. The lowest BCUT2D eigenvalue weighted by Crippen LogP contribution is -2.37. The fourth-order valence-corrected chi connectivity index (χ4v) is 3.30. The number of urea groups is 1. The van der Waals surface area contributed by atoms with E-state index in [1.165, 1.54) is 0 Å². The molecule has 1 saturated heterocycles. The molecule has 0 unspecified atom stereocenters. The van der Waals surface area contributed by atoms with Crippen molar-refractivity contribution in [1.82, 2.24) is 20.5 Å². The lowest BCUT2D eigenvalue weighted by Gasteiger charge is -2.25. The topological polar surface area (TPSA) is 105 Å². The van der Waals surface area contributed by atoms with Crippen LogP contribution in [0.1, 0.15) is 24.3 Å². The normalized spacial score (nSPS) is 18.6. The Morgan fingerprint density at radius 3 is 2.68 bits per heavy atom. The number of fused-ring (bicyclic) bond motifs is 1. The molecule has 10 heteroatoms. The lowest BCUT2D eigenvalue weighted by atomic mass is 10.1. The Morgan fingerprint density at radius 2 is 2.00 bits per heavy atom. The van der Waals surface area contributed by atoms with E-state index in [2.05, 4.69) is 15.6 Å². The summed E-state index contributed by atoms with van der Waals surface area (Å²) in [6.45, 7) is 0.611. The van der Waals surface area contributed by atoms with E-state index in [0.717, 1.165) is 18.2 Å². The summed E-state index contributed by atoms with van der Waals surface area (Å²) in [5.41, 5.74) is 0.721. The van der Waals surface area contributed by atoms with E-state index in [1.807, 2.05) is 0 Å². The summed E-state index contributed by atoms with van der Waals surface area (Å²) in [4.78, 5) is 40.9. The van der Waals surface area contributed by atoms with Crippen LogP contribution in [-0.2, 0) is 22.6 Å². The van der Waals surface area contributed by atoms with Crippen LogP contribution in [0.25, 0.3) is 11.5 Å². The number of hydrogen-bond acceptors (Lipinski definition) is 5. The second-order valence-corrected chi connectivity index (χ2v) is 6.67. The van der Waals surface area contributed by atoms with E-state index in [9.17, 15) is 23.2 Å². The van der Waals surface area contributed by atoms with Crippen LogP contribution >= 0.6 is 0 Å². The molecule has 0 bridgehead atoms. The maximum absolute atomic E-state index is 13.4. The first-order valence-electron chi connectivity index (χ1n) is 8.73. The summed E-state index contributed by atoms with van der Waals surface area (Å²) >= 11 is 0.